The zero-order valence-electron chi connectivity index (χ0n) is 5.97. The van der Waals surface area contributed by atoms with Gasteiger partial charge in [0.25, 0.3) is 0 Å². The van der Waals surface area contributed by atoms with Crippen LogP contribution in [0.4, 0.5) is 0 Å². The molecule has 0 spiro atoms. The van der Waals surface area contributed by atoms with E-state index >= 15 is 0 Å². The van der Waals surface area contributed by atoms with E-state index < -0.39 is 24.4 Å². The molecule has 0 aromatic carbocycles. The average molecular weight is 176 g/mol. The molecule has 5 N–H and O–H groups in total. The van der Waals surface area contributed by atoms with Crippen molar-refractivity contribution >= 4 is 11.9 Å². The Morgan fingerprint density at radius 1 is 1.58 bits per heavy atom. The molecule has 0 aliphatic carbocycles. The maximum absolute atomic E-state index is 9.85. The van der Waals surface area contributed by atoms with E-state index in [-0.39, 0.29) is 0 Å². The summed E-state index contributed by atoms with van der Waals surface area (Å²) in [6.07, 6.45) is -0.532. The van der Waals surface area contributed by atoms with Crippen LogP contribution in [0.3, 0.4) is 0 Å². The highest BCUT2D eigenvalue weighted by Crippen LogP contribution is 1.86. The first kappa shape index (κ1) is 12.8. The smallest absolute Gasteiger partial charge is 0.321 e. The maximum atomic E-state index is 9.85. The summed E-state index contributed by atoms with van der Waals surface area (Å²) in [5.41, 5.74) is 17.1. The number of rotatable bonds is 3. The van der Waals surface area contributed by atoms with E-state index in [1.807, 2.05) is 0 Å². The van der Waals surface area contributed by atoms with Crippen molar-refractivity contribution in [2.75, 3.05) is 0 Å². The van der Waals surface area contributed by atoms with E-state index in [0.717, 1.165) is 0 Å². The molecule has 8 nitrogen and oxygen atoms in total. The Balaban J connectivity index is 0. The molecular weight excluding hydrogens is 168 g/mol. The summed E-state index contributed by atoms with van der Waals surface area (Å²) in [5.74, 6) is -2.50. The lowest BCUT2D eigenvalue weighted by atomic mass is 10.2. The van der Waals surface area contributed by atoms with Gasteiger partial charge in [-0.3, -0.25) is 9.59 Å². The SMILES string of the molecule is N[C@@H](CC(=O)O)C(=O)O.[N-]=[N+]=N. The van der Waals surface area contributed by atoms with E-state index in [0.29, 0.717) is 0 Å². The van der Waals surface area contributed by atoms with E-state index in [1.54, 1.807) is 4.91 Å². The standard InChI is InChI=1S/C4H7NO4.HN3/c5-2(4(8)9)1-3(6)7;1-3-2/h2H,1,5H2,(H,6,7)(H,8,9);1H/t2-;/m0./s1. The van der Waals surface area contributed by atoms with Gasteiger partial charge in [0.1, 0.15) is 6.04 Å². The third-order valence-corrected chi connectivity index (χ3v) is 0.712. The Morgan fingerprint density at radius 3 is 2.00 bits per heavy atom. The lowest BCUT2D eigenvalue weighted by Gasteiger charge is -1.99. The van der Waals surface area contributed by atoms with Crippen LogP contribution in [-0.2, 0) is 9.59 Å². The van der Waals surface area contributed by atoms with Crippen LogP contribution in [0.5, 0.6) is 0 Å². The molecule has 0 saturated heterocycles. The summed E-state index contributed by atoms with van der Waals surface area (Å²) in [5, 5.41) is 16.0. The first-order chi connectivity index (χ1) is 5.45. The lowest BCUT2D eigenvalue weighted by Crippen LogP contribution is -2.32. The van der Waals surface area contributed by atoms with Crippen molar-refractivity contribution in [2.24, 2.45) is 5.73 Å². The summed E-state index contributed by atoms with van der Waals surface area (Å²) >= 11 is 0. The molecule has 0 fully saturated rings. The number of nitrogens with zero attached hydrogens (tertiary/aromatic N) is 2. The molecule has 1 atom stereocenters. The van der Waals surface area contributed by atoms with Crippen LogP contribution in [0.1, 0.15) is 6.42 Å². The molecule has 0 heterocycles. The fourth-order valence-electron chi connectivity index (χ4n) is 0.275. The van der Waals surface area contributed by atoms with E-state index in [2.05, 4.69) is 0 Å². The molecule has 0 unspecified atom stereocenters. The van der Waals surface area contributed by atoms with Crippen molar-refractivity contribution in [3.63, 3.8) is 0 Å². The first-order valence-corrected chi connectivity index (χ1v) is 2.66. The third-order valence-electron chi connectivity index (χ3n) is 0.712. The number of aliphatic carboxylic acids is 2. The summed E-state index contributed by atoms with van der Waals surface area (Å²) < 4.78 is 0. The van der Waals surface area contributed by atoms with E-state index in [4.69, 9.17) is 27.0 Å². The Morgan fingerprint density at radius 2 is 1.92 bits per heavy atom. The molecule has 0 radical (unpaired) electrons. The van der Waals surface area contributed by atoms with Gasteiger partial charge < -0.3 is 15.9 Å². The molecule has 8 heteroatoms. The lowest BCUT2D eigenvalue weighted by molar-refractivity contribution is -0.144. The topological polar surface area (TPSA) is 161 Å². The number of hydrogen-bond donors (Lipinski definition) is 4. The molecular formula is C4H8N4O4. The van der Waals surface area contributed by atoms with Crippen LogP contribution in [0.2, 0.25) is 0 Å². The summed E-state index contributed by atoms with van der Waals surface area (Å²) in [4.78, 5) is 21.4. The fraction of sp³-hybridized carbons (Fsp3) is 0.500. The Kier molecular flexibility index (Phi) is 7.84. The van der Waals surface area contributed by atoms with Crippen molar-refractivity contribution in [1.82, 2.24) is 0 Å². The van der Waals surface area contributed by atoms with Gasteiger partial charge in [0.05, 0.1) is 6.42 Å². The Labute approximate surface area is 67.0 Å². The molecule has 0 aliphatic rings. The number of carbonyl (C=O) groups is 2. The zero-order valence-corrected chi connectivity index (χ0v) is 5.97. The molecule has 0 saturated carbocycles. The first-order valence-electron chi connectivity index (χ1n) is 2.66. The number of hydrogen-bond acceptors (Lipinski definition) is 4. The van der Waals surface area contributed by atoms with Gasteiger partial charge in [0.15, 0.2) is 0 Å². The van der Waals surface area contributed by atoms with Gasteiger partial charge in [-0.25, -0.2) is 0 Å². The third kappa shape index (κ3) is 11.1. The van der Waals surface area contributed by atoms with Crippen LogP contribution in [-0.4, -0.2) is 28.2 Å². The molecule has 12 heavy (non-hydrogen) atoms. The normalized spacial score (nSPS) is 10.1. The van der Waals surface area contributed by atoms with Crippen molar-refractivity contribution in [3.8, 4) is 0 Å². The second-order valence-corrected chi connectivity index (χ2v) is 1.64. The highest BCUT2D eigenvalue weighted by Gasteiger charge is 2.14. The predicted molar refractivity (Wildman–Crippen MR) is 37.3 cm³/mol. The van der Waals surface area contributed by atoms with Gasteiger partial charge in [-0.05, 0) is 10.4 Å². The summed E-state index contributed by atoms with van der Waals surface area (Å²) in [6.45, 7) is 0. The zero-order chi connectivity index (χ0) is 10.1. The molecule has 0 aromatic heterocycles. The van der Waals surface area contributed by atoms with Crippen molar-refractivity contribution in [3.05, 3.63) is 10.4 Å². The molecule has 0 bridgehead atoms. The number of nitrogens with two attached hydrogens (primary N) is 1. The van der Waals surface area contributed by atoms with Crippen LogP contribution in [0.25, 0.3) is 10.4 Å². The minimum atomic E-state index is -1.29. The Bertz CT molecular complexity index is 197. The van der Waals surface area contributed by atoms with E-state index in [1.165, 1.54) is 0 Å². The molecule has 68 valence electrons. The quantitative estimate of drug-likeness (QED) is 0.264. The summed E-state index contributed by atoms with van der Waals surface area (Å²) in [6, 6.07) is -1.29. The molecule has 0 amide bonds. The second-order valence-electron chi connectivity index (χ2n) is 1.64. The monoisotopic (exact) mass is 176 g/mol. The van der Waals surface area contributed by atoms with Gasteiger partial charge in [0.2, 0.25) is 0 Å². The van der Waals surface area contributed by atoms with Crippen molar-refractivity contribution < 1.29 is 19.8 Å². The number of nitrogens with one attached hydrogen (secondary N) is 1. The molecule has 0 aliphatic heterocycles. The second kappa shape index (κ2) is 7.32. The summed E-state index contributed by atoms with van der Waals surface area (Å²) in [7, 11) is 0. The van der Waals surface area contributed by atoms with E-state index in [9.17, 15) is 9.59 Å². The minimum Gasteiger partial charge on any atom is -0.481 e. The number of carboxylic acids is 2. The molecule has 0 aromatic rings. The van der Waals surface area contributed by atoms with Crippen molar-refractivity contribution in [1.29, 1.82) is 5.53 Å². The van der Waals surface area contributed by atoms with Gasteiger partial charge >= 0.3 is 11.9 Å². The van der Waals surface area contributed by atoms with Crippen molar-refractivity contribution in [2.45, 2.75) is 12.5 Å². The van der Waals surface area contributed by atoms with Gasteiger partial charge in [-0.15, -0.1) is 5.53 Å². The highest BCUT2D eigenvalue weighted by molar-refractivity contribution is 5.80. The largest absolute Gasteiger partial charge is 0.481 e. The highest BCUT2D eigenvalue weighted by atomic mass is 16.4. The Hall–Kier alpha value is -1.79. The van der Waals surface area contributed by atoms with Gasteiger partial charge in [-0.1, -0.05) is 0 Å². The maximum Gasteiger partial charge on any atom is 0.321 e. The van der Waals surface area contributed by atoms with Crippen LogP contribution < -0.4 is 5.73 Å². The minimum absolute atomic E-state index is 0.532. The van der Waals surface area contributed by atoms with Crippen LogP contribution >= 0.6 is 0 Å². The average Bonchev–Trinajstić information content (AvgIpc) is 1.87. The molecule has 0 rings (SSSR count). The van der Waals surface area contributed by atoms with Gasteiger partial charge in [0, 0.05) is 0 Å². The van der Waals surface area contributed by atoms with Crippen LogP contribution in [0.15, 0.2) is 0 Å². The number of carboxylic acid groups (broad SMARTS) is 2. The predicted octanol–water partition coefficient (Wildman–Crippen LogP) is -0.252. The van der Waals surface area contributed by atoms with Gasteiger partial charge in [-0.2, -0.15) is 0 Å². The van der Waals surface area contributed by atoms with Crippen LogP contribution in [0, 0.1) is 5.53 Å². The fourth-order valence-corrected chi connectivity index (χ4v) is 0.275.